The molecule has 1 unspecified atom stereocenters. The molecule has 0 aliphatic heterocycles. The molecule has 0 spiro atoms. The molecule has 17 heavy (non-hydrogen) atoms. The number of aromatic nitrogens is 1. The molecule has 2 N–H and O–H groups in total. The number of benzene rings is 1. The lowest BCUT2D eigenvalue weighted by molar-refractivity contribution is 0.133. The largest absolute Gasteiger partial charge is 0.391 e. The first-order valence-corrected chi connectivity index (χ1v) is 5.81. The number of para-hydroxylation sites is 1. The van der Waals surface area contributed by atoms with E-state index in [2.05, 4.69) is 10.3 Å². The van der Waals surface area contributed by atoms with E-state index in [0.717, 1.165) is 16.7 Å². The van der Waals surface area contributed by atoms with Gasteiger partial charge in [-0.15, -0.1) is 0 Å². The molecule has 0 fully saturated rings. The highest BCUT2D eigenvalue weighted by Gasteiger charge is 2.23. The van der Waals surface area contributed by atoms with E-state index >= 15 is 0 Å². The fourth-order valence-electron chi connectivity index (χ4n) is 1.57. The molecule has 0 bridgehead atoms. The molecule has 90 valence electrons. The van der Waals surface area contributed by atoms with Gasteiger partial charge in [0, 0.05) is 5.39 Å². The number of pyridine rings is 1. The summed E-state index contributed by atoms with van der Waals surface area (Å²) in [4.78, 5) is 4.52. The molecule has 0 radical (unpaired) electrons. The van der Waals surface area contributed by atoms with Crippen LogP contribution in [0.15, 0.2) is 36.4 Å². The van der Waals surface area contributed by atoms with Gasteiger partial charge in [-0.25, -0.2) is 4.98 Å². The van der Waals surface area contributed by atoms with Gasteiger partial charge < -0.3 is 10.4 Å². The third-order valence-electron chi connectivity index (χ3n) is 3.09. The van der Waals surface area contributed by atoms with Crippen molar-refractivity contribution in [2.45, 2.75) is 32.4 Å². The highest BCUT2D eigenvalue weighted by atomic mass is 16.3. The van der Waals surface area contributed by atoms with Gasteiger partial charge >= 0.3 is 0 Å². The second kappa shape index (κ2) is 4.34. The van der Waals surface area contributed by atoms with Crippen LogP contribution < -0.4 is 5.32 Å². The Morgan fingerprint density at radius 1 is 1.18 bits per heavy atom. The normalized spacial score (nSPS) is 13.6. The first-order chi connectivity index (χ1) is 7.99. The van der Waals surface area contributed by atoms with Gasteiger partial charge in [0.2, 0.25) is 0 Å². The zero-order chi connectivity index (χ0) is 12.5. The first kappa shape index (κ1) is 11.9. The average Bonchev–Trinajstić information content (AvgIpc) is 2.28. The van der Waals surface area contributed by atoms with Gasteiger partial charge in [0.1, 0.15) is 5.82 Å². The summed E-state index contributed by atoms with van der Waals surface area (Å²) >= 11 is 0. The summed E-state index contributed by atoms with van der Waals surface area (Å²) in [6, 6.07) is 12.0. The predicted octanol–water partition coefficient (Wildman–Crippen LogP) is 2.81. The van der Waals surface area contributed by atoms with Gasteiger partial charge in [-0.3, -0.25) is 0 Å². The van der Waals surface area contributed by atoms with Gasteiger partial charge in [0.25, 0.3) is 0 Å². The third kappa shape index (κ3) is 2.56. The van der Waals surface area contributed by atoms with Crippen molar-refractivity contribution in [1.29, 1.82) is 0 Å². The molecule has 0 saturated heterocycles. The molecule has 1 atom stereocenters. The minimum Gasteiger partial charge on any atom is -0.391 e. The van der Waals surface area contributed by atoms with E-state index in [0.29, 0.717) is 0 Å². The van der Waals surface area contributed by atoms with Gasteiger partial charge in [-0.2, -0.15) is 0 Å². The minimum atomic E-state index is -0.448. The Kier molecular flexibility index (Phi) is 3.03. The number of rotatable bonds is 3. The Morgan fingerprint density at radius 3 is 2.59 bits per heavy atom. The van der Waals surface area contributed by atoms with Crippen LogP contribution in [0, 0.1) is 0 Å². The molecule has 0 aliphatic carbocycles. The van der Waals surface area contributed by atoms with E-state index in [1.54, 1.807) is 6.92 Å². The predicted molar refractivity (Wildman–Crippen MR) is 71.1 cm³/mol. The maximum atomic E-state index is 9.66. The summed E-state index contributed by atoms with van der Waals surface area (Å²) in [5, 5.41) is 14.0. The monoisotopic (exact) mass is 230 g/mol. The lowest BCUT2D eigenvalue weighted by atomic mass is 9.99. The second-order valence-electron chi connectivity index (χ2n) is 4.91. The summed E-state index contributed by atoms with van der Waals surface area (Å²) in [7, 11) is 0. The highest BCUT2D eigenvalue weighted by Crippen LogP contribution is 2.19. The Bertz CT molecular complexity index is 520. The van der Waals surface area contributed by atoms with Gasteiger partial charge in [-0.1, -0.05) is 18.2 Å². The maximum Gasteiger partial charge on any atom is 0.127 e. The lowest BCUT2D eigenvalue weighted by Crippen LogP contribution is -2.42. The van der Waals surface area contributed by atoms with Crippen LogP contribution in [-0.2, 0) is 0 Å². The molecular weight excluding hydrogens is 212 g/mol. The van der Waals surface area contributed by atoms with Crippen LogP contribution in [0.5, 0.6) is 0 Å². The van der Waals surface area contributed by atoms with E-state index < -0.39 is 11.6 Å². The SMILES string of the molecule is CC(O)C(C)(C)Nc1ccc2ccccc2n1. The van der Waals surface area contributed by atoms with Crippen molar-refractivity contribution in [3.63, 3.8) is 0 Å². The number of anilines is 1. The Labute approximate surface area is 102 Å². The van der Waals surface area contributed by atoms with Gasteiger partial charge in [-0.05, 0) is 39.0 Å². The molecule has 0 amide bonds. The van der Waals surface area contributed by atoms with Crippen molar-refractivity contribution in [2.75, 3.05) is 5.32 Å². The van der Waals surface area contributed by atoms with Crippen LogP contribution in [0.2, 0.25) is 0 Å². The Morgan fingerprint density at radius 2 is 1.88 bits per heavy atom. The van der Waals surface area contributed by atoms with Crippen molar-refractivity contribution >= 4 is 16.7 Å². The van der Waals surface area contributed by atoms with Crippen LogP contribution in [0.1, 0.15) is 20.8 Å². The number of fused-ring (bicyclic) bond motifs is 1. The topological polar surface area (TPSA) is 45.1 Å². The van der Waals surface area contributed by atoms with Crippen molar-refractivity contribution in [2.24, 2.45) is 0 Å². The van der Waals surface area contributed by atoms with E-state index in [-0.39, 0.29) is 0 Å². The molecule has 1 aromatic carbocycles. The van der Waals surface area contributed by atoms with Crippen molar-refractivity contribution in [3.05, 3.63) is 36.4 Å². The summed E-state index contributed by atoms with van der Waals surface area (Å²) in [6.45, 7) is 5.68. The smallest absolute Gasteiger partial charge is 0.127 e. The molecule has 1 aromatic heterocycles. The minimum absolute atomic E-state index is 0.393. The van der Waals surface area contributed by atoms with E-state index in [9.17, 15) is 5.11 Å². The Balaban J connectivity index is 2.31. The lowest BCUT2D eigenvalue weighted by Gasteiger charge is -2.30. The number of aliphatic hydroxyl groups excluding tert-OH is 1. The van der Waals surface area contributed by atoms with Crippen molar-refractivity contribution in [1.82, 2.24) is 4.98 Å². The summed E-state index contributed by atoms with van der Waals surface area (Å²) in [5.74, 6) is 0.787. The standard InChI is InChI=1S/C14H18N2O/c1-10(17)14(2,3)16-13-9-8-11-6-4-5-7-12(11)15-13/h4-10,17H,1-3H3,(H,15,16). The van der Waals surface area contributed by atoms with Gasteiger partial charge in [0.15, 0.2) is 0 Å². The van der Waals surface area contributed by atoms with Crippen LogP contribution in [-0.4, -0.2) is 21.7 Å². The number of aliphatic hydroxyl groups is 1. The molecule has 1 heterocycles. The fourth-order valence-corrected chi connectivity index (χ4v) is 1.57. The van der Waals surface area contributed by atoms with Crippen molar-refractivity contribution < 1.29 is 5.11 Å². The molecular formula is C14H18N2O. The third-order valence-corrected chi connectivity index (χ3v) is 3.09. The zero-order valence-corrected chi connectivity index (χ0v) is 10.4. The average molecular weight is 230 g/mol. The molecule has 2 rings (SSSR count). The molecule has 3 nitrogen and oxygen atoms in total. The summed E-state index contributed by atoms with van der Waals surface area (Å²) < 4.78 is 0. The number of nitrogens with zero attached hydrogens (tertiary/aromatic N) is 1. The molecule has 0 aliphatic rings. The van der Waals surface area contributed by atoms with Crippen molar-refractivity contribution in [3.8, 4) is 0 Å². The maximum absolute atomic E-state index is 9.66. The van der Waals surface area contributed by atoms with E-state index in [4.69, 9.17) is 0 Å². The Hall–Kier alpha value is -1.61. The number of nitrogens with one attached hydrogen (secondary N) is 1. The summed E-state index contributed by atoms with van der Waals surface area (Å²) in [6.07, 6.45) is -0.448. The molecule has 2 aromatic rings. The number of hydrogen-bond acceptors (Lipinski definition) is 3. The van der Waals surface area contributed by atoms with Crippen LogP contribution in [0.4, 0.5) is 5.82 Å². The quantitative estimate of drug-likeness (QED) is 0.852. The van der Waals surface area contributed by atoms with Crippen LogP contribution in [0.25, 0.3) is 10.9 Å². The fraction of sp³-hybridized carbons (Fsp3) is 0.357. The van der Waals surface area contributed by atoms with Crippen LogP contribution >= 0.6 is 0 Å². The van der Waals surface area contributed by atoms with Gasteiger partial charge in [0.05, 0.1) is 17.2 Å². The molecule has 3 heteroatoms. The molecule has 0 saturated carbocycles. The first-order valence-electron chi connectivity index (χ1n) is 5.81. The highest BCUT2D eigenvalue weighted by molar-refractivity contribution is 5.80. The van der Waals surface area contributed by atoms with E-state index in [1.807, 2.05) is 50.2 Å². The van der Waals surface area contributed by atoms with E-state index in [1.165, 1.54) is 0 Å². The zero-order valence-electron chi connectivity index (χ0n) is 10.4. The van der Waals surface area contributed by atoms with Crippen LogP contribution in [0.3, 0.4) is 0 Å². The second-order valence-corrected chi connectivity index (χ2v) is 4.91. The summed E-state index contributed by atoms with van der Waals surface area (Å²) in [5.41, 5.74) is 0.564. The number of hydrogen-bond donors (Lipinski definition) is 2.